The molecule has 1 atom stereocenters. The second-order valence-corrected chi connectivity index (χ2v) is 4.62. The highest BCUT2D eigenvalue weighted by Gasteiger charge is 2.31. The topological polar surface area (TPSA) is 32.3 Å². The van der Waals surface area contributed by atoms with Crippen LogP contribution in [0.25, 0.3) is 10.8 Å². The number of nitrogens with zero attached hydrogens (tertiary/aromatic N) is 1. The first-order valence-corrected chi connectivity index (χ1v) is 6.27. The number of hydrogen-bond acceptors (Lipinski definition) is 2. The summed E-state index contributed by atoms with van der Waals surface area (Å²) in [6.07, 6.45) is 0.874. The molecule has 1 fully saturated rings. The van der Waals surface area contributed by atoms with Crippen molar-refractivity contribution in [3.8, 4) is 0 Å². The molecular weight excluding hydrogens is 224 g/mol. The van der Waals surface area contributed by atoms with Crippen molar-refractivity contribution in [2.75, 3.05) is 18.5 Å². The first kappa shape index (κ1) is 11.2. The molecular formula is C15H16N2O. The molecule has 3 rings (SSSR count). The molecule has 3 nitrogen and oxygen atoms in total. The molecule has 1 amide bonds. The van der Waals surface area contributed by atoms with Gasteiger partial charge in [0.25, 0.3) is 0 Å². The number of carbonyl (C=O) groups excluding carboxylic acids is 1. The smallest absolute Gasteiger partial charge is 0.244 e. The Labute approximate surface area is 106 Å². The van der Waals surface area contributed by atoms with Crippen LogP contribution >= 0.6 is 0 Å². The van der Waals surface area contributed by atoms with Crippen molar-refractivity contribution in [1.82, 2.24) is 5.32 Å². The van der Waals surface area contributed by atoms with Crippen molar-refractivity contribution in [3.05, 3.63) is 42.5 Å². The van der Waals surface area contributed by atoms with Crippen LogP contribution in [-0.2, 0) is 4.79 Å². The summed E-state index contributed by atoms with van der Waals surface area (Å²) in [5, 5.41) is 5.39. The Morgan fingerprint density at radius 3 is 2.72 bits per heavy atom. The molecule has 2 aromatic carbocycles. The quantitative estimate of drug-likeness (QED) is 0.872. The fourth-order valence-corrected chi connectivity index (χ4v) is 2.63. The fraction of sp³-hybridized carbons (Fsp3) is 0.267. The Kier molecular flexibility index (Phi) is 2.76. The number of anilines is 1. The molecule has 0 bridgehead atoms. The largest absolute Gasteiger partial charge is 0.310 e. The number of hydrogen-bond donors (Lipinski definition) is 1. The van der Waals surface area contributed by atoms with Gasteiger partial charge in [0.1, 0.15) is 0 Å². The lowest BCUT2D eigenvalue weighted by Gasteiger charge is -2.18. The fourth-order valence-electron chi connectivity index (χ4n) is 2.63. The first-order chi connectivity index (χ1) is 8.81. The Morgan fingerprint density at radius 2 is 1.94 bits per heavy atom. The predicted molar refractivity (Wildman–Crippen MR) is 73.8 cm³/mol. The van der Waals surface area contributed by atoms with Crippen molar-refractivity contribution in [2.24, 2.45) is 0 Å². The summed E-state index contributed by atoms with van der Waals surface area (Å²) >= 11 is 0. The maximum atomic E-state index is 12.2. The van der Waals surface area contributed by atoms with Crippen LogP contribution in [0.3, 0.4) is 0 Å². The van der Waals surface area contributed by atoms with Gasteiger partial charge in [0.05, 0.1) is 11.7 Å². The summed E-state index contributed by atoms with van der Waals surface area (Å²) in [7, 11) is 1.84. The summed E-state index contributed by atoms with van der Waals surface area (Å²) in [5.74, 6) is 0.175. The van der Waals surface area contributed by atoms with Gasteiger partial charge >= 0.3 is 0 Å². The van der Waals surface area contributed by atoms with Gasteiger partial charge in [0.2, 0.25) is 5.91 Å². The number of fused-ring (bicyclic) bond motifs is 1. The van der Waals surface area contributed by atoms with Crippen molar-refractivity contribution < 1.29 is 4.79 Å². The normalized spacial score (nSPS) is 19.7. The summed E-state index contributed by atoms with van der Waals surface area (Å²) in [6, 6.07) is 14.3. The Balaban J connectivity index is 2.08. The Morgan fingerprint density at radius 1 is 1.17 bits per heavy atom. The molecule has 0 spiro atoms. The third-order valence-electron chi connectivity index (χ3n) is 3.61. The summed E-state index contributed by atoms with van der Waals surface area (Å²) in [6.45, 7) is 0.790. The Hall–Kier alpha value is -1.87. The zero-order chi connectivity index (χ0) is 12.5. The van der Waals surface area contributed by atoms with Crippen LogP contribution in [0, 0.1) is 0 Å². The molecule has 1 aliphatic heterocycles. The summed E-state index contributed by atoms with van der Waals surface area (Å²) in [5.41, 5.74) is 1.02. The number of nitrogens with one attached hydrogen (secondary N) is 1. The minimum Gasteiger partial charge on any atom is -0.310 e. The maximum absolute atomic E-state index is 12.2. The summed E-state index contributed by atoms with van der Waals surface area (Å²) < 4.78 is 0. The molecule has 1 heterocycles. The van der Waals surface area contributed by atoms with Crippen molar-refractivity contribution in [2.45, 2.75) is 12.5 Å². The number of carbonyl (C=O) groups is 1. The molecule has 1 N–H and O–H groups in total. The standard InChI is InChI=1S/C15H16N2O/c1-16-13-9-10-17(15(13)18)14-8-4-6-11-5-2-3-7-12(11)14/h2-8,13,16H,9-10H2,1H3. The van der Waals surface area contributed by atoms with Gasteiger partial charge in [0.15, 0.2) is 0 Å². The maximum Gasteiger partial charge on any atom is 0.244 e. The number of likely N-dealkylation sites (N-methyl/N-ethyl adjacent to an activating group) is 1. The molecule has 0 radical (unpaired) electrons. The zero-order valence-electron chi connectivity index (χ0n) is 10.4. The highest BCUT2D eigenvalue weighted by molar-refractivity contribution is 6.06. The lowest BCUT2D eigenvalue weighted by Crippen LogP contribution is -2.36. The van der Waals surface area contributed by atoms with Gasteiger partial charge in [-0.15, -0.1) is 0 Å². The lowest BCUT2D eigenvalue weighted by atomic mass is 10.1. The van der Waals surface area contributed by atoms with E-state index in [-0.39, 0.29) is 11.9 Å². The van der Waals surface area contributed by atoms with Crippen LogP contribution in [0.1, 0.15) is 6.42 Å². The van der Waals surface area contributed by atoms with Gasteiger partial charge in [-0.2, -0.15) is 0 Å². The molecule has 0 saturated carbocycles. The molecule has 2 aromatic rings. The van der Waals surface area contributed by atoms with Crippen molar-refractivity contribution in [1.29, 1.82) is 0 Å². The van der Waals surface area contributed by atoms with Gasteiger partial charge in [-0.25, -0.2) is 0 Å². The molecule has 0 aliphatic carbocycles. The monoisotopic (exact) mass is 240 g/mol. The summed E-state index contributed by atoms with van der Waals surface area (Å²) in [4.78, 5) is 14.1. The van der Waals surface area contributed by atoms with Crippen LogP contribution in [0.4, 0.5) is 5.69 Å². The minimum atomic E-state index is -0.0380. The van der Waals surface area contributed by atoms with E-state index < -0.39 is 0 Å². The first-order valence-electron chi connectivity index (χ1n) is 6.27. The van der Waals surface area contributed by atoms with E-state index in [1.807, 2.05) is 36.2 Å². The number of amides is 1. The van der Waals surface area contributed by atoms with E-state index in [1.165, 1.54) is 5.39 Å². The van der Waals surface area contributed by atoms with Gasteiger partial charge < -0.3 is 10.2 Å². The van der Waals surface area contributed by atoms with Crippen molar-refractivity contribution in [3.63, 3.8) is 0 Å². The minimum absolute atomic E-state index is 0.0380. The zero-order valence-corrected chi connectivity index (χ0v) is 10.4. The van der Waals surface area contributed by atoms with E-state index in [9.17, 15) is 4.79 Å². The van der Waals surface area contributed by atoms with E-state index >= 15 is 0 Å². The molecule has 92 valence electrons. The molecule has 1 aliphatic rings. The predicted octanol–water partition coefficient (Wildman–Crippen LogP) is 2.16. The van der Waals surface area contributed by atoms with Crippen LogP contribution in [0.5, 0.6) is 0 Å². The average molecular weight is 240 g/mol. The highest BCUT2D eigenvalue weighted by Crippen LogP contribution is 2.29. The third kappa shape index (κ3) is 1.68. The molecule has 0 aromatic heterocycles. The molecule has 3 heteroatoms. The van der Waals surface area contributed by atoms with Gasteiger partial charge in [-0.05, 0) is 24.9 Å². The van der Waals surface area contributed by atoms with Crippen LogP contribution in [0.2, 0.25) is 0 Å². The lowest BCUT2D eigenvalue weighted by molar-refractivity contribution is -0.118. The van der Waals surface area contributed by atoms with E-state index in [2.05, 4.69) is 23.5 Å². The van der Waals surface area contributed by atoms with Gasteiger partial charge in [-0.3, -0.25) is 4.79 Å². The van der Waals surface area contributed by atoms with Crippen molar-refractivity contribution >= 4 is 22.4 Å². The Bertz CT molecular complexity index is 589. The van der Waals surface area contributed by atoms with E-state index in [1.54, 1.807) is 0 Å². The van der Waals surface area contributed by atoms with Gasteiger partial charge in [-0.1, -0.05) is 36.4 Å². The van der Waals surface area contributed by atoms with E-state index in [4.69, 9.17) is 0 Å². The third-order valence-corrected chi connectivity index (χ3v) is 3.61. The van der Waals surface area contributed by atoms with Crippen LogP contribution < -0.4 is 10.2 Å². The van der Waals surface area contributed by atoms with E-state index in [0.29, 0.717) is 0 Å². The SMILES string of the molecule is CNC1CCN(c2cccc3ccccc23)C1=O. The number of benzene rings is 2. The van der Waals surface area contributed by atoms with E-state index in [0.717, 1.165) is 24.0 Å². The van der Waals surface area contributed by atoms with Gasteiger partial charge in [0, 0.05) is 11.9 Å². The average Bonchev–Trinajstić information content (AvgIpc) is 2.79. The molecule has 1 saturated heterocycles. The second kappa shape index (κ2) is 4.42. The van der Waals surface area contributed by atoms with Crippen LogP contribution in [-0.4, -0.2) is 25.5 Å². The molecule has 18 heavy (non-hydrogen) atoms. The number of rotatable bonds is 2. The highest BCUT2D eigenvalue weighted by atomic mass is 16.2. The second-order valence-electron chi connectivity index (χ2n) is 4.62. The van der Waals surface area contributed by atoms with Crippen LogP contribution in [0.15, 0.2) is 42.5 Å². The molecule has 1 unspecified atom stereocenters.